The van der Waals surface area contributed by atoms with E-state index in [0.29, 0.717) is 0 Å². The number of hydrogen-bond donors (Lipinski definition) is 0. The van der Waals surface area contributed by atoms with E-state index in [1.54, 1.807) is 0 Å². The van der Waals surface area contributed by atoms with Crippen molar-refractivity contribution in [2.24, 2.45) is 0 Å². The summed E-state index contributed by atoms with van der Waals surface area (Å²) in [4.78, 5) is 14.5. The van der Waals surface area contributed by atoms with Gasteiger partial charge < -0.3 is 0 Å². The Bertz CT molecular complexity index is 319. The normalized spacial score (nSPS) is 10.1. The largest absolute Gasteiger partial charge is 0.288 e. The van der Waals surface area contributed by atoms with Crippen LogP contribution in [0.5, 0.6) is 0 Å². The maximum atomic E-state index is 12.0. The topological polar surface area (TPSA) is 30.0 Å². The zero-order valence-corrected chi connectivity index (χ0v) is 6.71. The number of halogens is 2. The Kier molecular flexibility index (Phi) is 2.84. The predicted octanol–water partition coefficient (Wildman–Crippen LogP) is 2.39. The van der Waals surface area contributed by atoms with Crippen LogP contribution in [0.2, 0.25) is 0 Å². The Hall–Kier alpha value is -1.58. The fourth-order valence-corrected chi connectivity index (χ4v) is 0.785. The molecule has 1 rings (SSSR count). The van der Waals surface area contributed by atoms with Crippen LogP contribution < -0.4 is 0 Å². The highest BCUT2D eigenvalue weighted by molar-refractivity contribution is 6.02. The lowest BCUT2D eigenvalue weighted by Crippen LogP contribution is -1.98. The number of rotatable bonds is 3. The van der Waals surface area contributed by atoms with Gasteiger partial charge in [0, 0.05) is 11.8 Å². The molecule has 0 saturated carbocycles. The molecule has 0 unspecified atom stereocenters. The third-order valence-electron chi connectivity index (χ3n) is 1.48. The van der Waals surface area contributed by atoms with Gasteiger partial charge in [-0.1, -0.05) is 6.58 Å². The average molecular weight is 183 g/mol. The Morgan fingerprint density at radius 2 is 2.23 bits per heavy atom. The Balaban J connectivity index is 2.93. The number of pyridine rings is 1. The van der Waals surface area contributed by atoms with Crippen LogP contribution in [0, 0.1) is 0 Å². The van der Waals surface area contributed by atoms with Gasteiger partial charge in [-0.3, -0.25) is 9.78 Å². The van der Waals surface area contributed by atoms with Crippen molar-refractivity contribution in [1.29, 1.82) is 0 Å². The highest BCUT2D eigenvalue weighted by atomic mass is 19.3. The minimum atomic E-state index is -2.56. The zero-order valence-electron chi connectivity index (χ0n) is 6.71. The molecular weight excluding hydrogens is 176 g/mol. The number of aromatic nitrogens is 1. The van der Waals surface area contributed by atoms with Gasteiger partial charge in [-0.05, 0) is 18.2 Å². The standard InChI is InChI=1S/C9H7F2NO/c1-2-8(13)7-4-3-6(5-12-7)9(10)11/h2-5,9H,1H2. The van der Waals surface area contributed by atoms with E-state index in [9.17, 15) is 13.6 Å². The molecule has 0 fully saturated rings. The number of nitrogens with zero attached hydrogens (tertiary/aromatic N) is 1. The summed E-state index contributed by atoms with van der Waals surface area (Å²) in [6.07, 6.45) is -0.480. The van der Waals surface area contributed by atoms with Gasteiger partial charge in [0.05, 0.1) is 0 Å². The molecule has 13 heavy (non-hydrogen) atoms. The Morgan fingerprint density at radius 1 is 1.54 bits per heavy atom. The number of hydrogen-bond acceptors (Lipinski definition) is 2. The summed E-state index contributed by atoms with van der Waals surface area (Å²) in [6, 6.07) is 2.43. The minimum absolute atomic E-state index is 0.124. The minimum Gasteiger partial charge on any atom is -0.288 e. The van der Waals surface area contributed by atoms with Gasteiger partial charge in [-0.15, -0.1) is 0 Å². The van der Waals surface area contributed by atoms with Crippen LogP contribution in [0.1, 0.15) is 22.5 Å². The van der Waals surface area contributed by atoms with E-state index in [1.165, 1.54) is 12.1 Å². The molecule has 68 valence electrons. The summed E-state index contributed by atoms with van der Waals surface area (Å²) in [5.74, 6) is -0.374. The molecule has 0 aliphatic heterocycles. The molecule has 1 heterocycles. The molecule has 2 nitrogen and oxygen atoms in total. The second-order valence-corrected chi connectivity index (χ2v) is 2.35. The fourth-order valence-electron chi connectivity index (χ4n) is 0.785. The molecule has 1 aromatic rings. The van der Waals surface area contributed by atoms with Crippen molar-refractivity contribution in [2.45, 2.75) is 6.43 Å². The van der Waals surface area contributed by atoms with Crippen molar-refractivity contribution < 1.29 is 13.6 Å². The second kappa shape index (κ2) is 3.89. The summed E-state index contributed by atoms with van der Waals surface area (Å²) in [5.41, 5.74) is -0.0694. The molecule has 0 aromatic carbocycles. The number of allylic oxidation sites excluding steroid dienone is 1. The van der Waals surface area contributed by atoms with Gasteiger partial charge in [0.15, 0.2) is 0 Å². The third-order valence-corrected chi connectivity index (χ3v) is 1.48. The van der Waals surface area contributed by atoms with Crippen molar-refractivity contribution in [3.05, 3.63) is 42.2 Å². The molecule has 0 amide bonds. The summed E-state index contributed by atoms with van der Waals surface area (Å²) in [6.45, 7) is 3.26. The lowest BCUT2D eigenvalue weighted by molar-refractivity contribution is 0.104. The Labute approximate surface area is 73.9 Å². The van der Waals surface area contributed by atoms with Gasteiger partial charge in [0.25, 0.3) is 6.43 Å². The first kappa shape index (κ1) is 9.51. The molecule has 0 spiro atoms. The average Bonchev–Trinajstić information content (AvgIpc) is 2.17. The molecular formula is C9H7F2NO. The van der Waals surface area contributed by atoms with E-state index in [1.807, 2.05) is 0 Å². The quantitative estimate of drug-likeness (QED) is 0.532. The first-order valence-corrected chi connectivity index (χ1v) is 3.56. The van der Waals surface area contributed by atoms with Crippen molar-refractivity contribution in [2.75, 3.05) is 0 Å². The molecule has 1 aromatic heterocycles. The highest BCUT2D eigenvalue weighted by Crippen LogP contribution is 2.17. The van der Waals surface area contributed by atoms with Crippen LogP contribution in [0.4, 0.5) is 8.78 Å². The first-order valence-electron chi connectivity index (χ1n) is 3.56. The van der Waals surface area contributed by atoms with Gasteiger partial charge in [-0.25, -0.2) is 8.78 Å². The fraction of sp³-hybridized carbons (Fsp3) is 0.111. The van der Waals surface area contributed by atoms with Crippen LogP contribution >= 0.6 is 0 Å². The van der Waals surface area contributed by atoms with E-state index in [0.717, 1.165) is 12.3 Å². The molecule has 0 aliphatic rings. The maximum Gasteiger partial charge on any atom is 0.265 e. The van der Waals surface area contributed by atoms with Gasteiger partial charge in [0.1, 0.15) is 5.69 Å². The van der Waals surface area contributed by atoms with Gasteiger partial charge >= 0.3 is 0 Å². The van der Waals surface area contributed by atoms with Crippen LogP contribution in [0.15, 0.2) is 31.0 Å². The van der Waals surface area contributed by atoms with E-state index < -0.39 is 6.43 Å². The van der Waals surface area contributed by atoms with E-state index >= 15 is 0 Å². The summed E-state index contributed by atoms with van der Waals surface area (Å²) in [7, 11) is 0. The number of carbonyl (C=O) groups excluding carboxylic acids is 1. The monoisotopic (exact) mass is 183 g/mol. The van der Waals surface area contributed by atoms with Crippen LogP contribution in [0.25, 0.3) is 0 Å². The van der Waals surface area contributed by atoms with E-state index in [-0.39, 0.29) is 17.0 Å². The van der Waals surface area contributed by atoms with Gasteiger partial charge in [0.2, 0.25) is 5.78 Å². The molecule has 0 N–H and O–H groups in total. The third kappa shape index (κ3) is 2.18. The lowest BCUT2D eigenvalue weighted by Gasteiger charge is -1.98. The van der Waals surface area contributed by atoms with E-state index in [2.05, 4.69) is 11.6 Å². The predicted molar refractivity (Wildman–Crippen MR) is 43.7 cm³/mol. The molecule has 0 saturated heterocycles. The number of carbonyl (C=O) groups is 1. The number of alkyl halides is 2. The van der Waals surface area contributed by atoms with Crippen LogP contribution in [-0.4, -0.2) is 10.8 Å². The Morgan fingerprint density at radius 3 is 2.62 bits per heavy atom. The molecule has 4 heteroatoms. The SMILES string of the molecule is C=CC(=O)c1ccc(C(F)F)cn1. The zero-order chi connectivity index (χ0) is 9.84. The summed E-state index contributed by atoms with van der Waals surface area (Å²) in [5, 5.41) is 0. The highest BCUT2D eigenvalue weighted by Gasteiger charge is 2.08. The van der Waals surface area contributed by atoms with Gasteiger partial charge in [-0.2, -0.15) is 0 Å². The van der Waals surface area contributed by atoms with Crippen LogP contribution in [0.3, 0.4) is 0 Å². The van der Waals surface area contributed by atoms with Crippen molar-refractivity contribution in [3.8, 4) is 0 Å². The number of ketones is 1. The summed E-state index contributed by atoms with van der Waals surface area (Å²) >= 11 is 0. The van der Waals surface area contributed by atoms with Crippen LogP contribution in [-0.2, 0) is 0 Å². The lowest BCUT2D eigenvalue weighted by atomic mass is 10.2. The first-order chi connectivity index (χ1) is 6.15. The van der Waals surface area contributed by atoms with Crippen molar-refractivity contribution in [3.63, 3.8) is 0 Å². The molecule has 0 atom stereocenters. The van der Waals surface area contributed by atoms with Crippen molar-refractivity contribution in [1.82, 2.24) is 4.98 Å². The molecule has 0 radical (unpaired) electrons. The van der Waals surface area contributed by atoms with Crippen molar-refractivity contribution >= 4 is 5.78 Å². The van der Waals surface area contributed by atoms with E-state index in [4.69, 9.17) is 0 Å². The second-order valence-electron chi connectivity index (χ2n) is 2.35. The smallest absolute Gasteiger partial charge is 0.265 e. The molecule has 0 aliphatic carbocycles. The maximum absolute atomic E-state index is 12.0. The summed E-state index contributed by atoms with van der Waals surface area (Å²) < 4.78 is 24.1. The molecule has 0 bridgehead atoms.